The molecule has 13 nitrogen and oxygen atoms in total. The molecule has 2 saturated heterocycles. The van der Waals surface area contributed by atoms with Gasteiger partial charge in [-0.15, -0.1) is 0 Å². The first kappa shape index (κ1) is 40.6. The highest BCUT2D eigenvalue weighted by atomic mass is 79.9. The summed E-state index contributed by atoms with van der Waals surface area (Å²) < 4.78 is 64.5. The van der Waals surface area contributed by atoms with Gasteiger partial charge in [0.15, 0.2) is 17.9 Å². The lowest BCUT2D eigenvalue weighted by molar-refractivity contribution is -0.168. The number of hydrogen-bond acceptors (Lipinski definition) is 11. The molecule has 0 spiro atoms. The summed E-state index contributed by atoms with van der Waals surface area (Å²) in [6, 6.07) is 5.30. The average molecular weight is 878 g/mol. The molecule has 0 bridgehead atoms. The summed E-state index contributed by atoms with van der Waals surface area (Å²) in [4.78, 5) is 57.8. The zero-order chi connectivity index (χ0) is 41.7. The van der Waals surface area contributed by atoms with E-state index in [-0.39, 0.29) is 65.2 Å². The molecule has 1 amide bonds. The van der Waals surface area contributed by atoms with Gasteiger partial charge >= 0.3 is 6.05 Å². The molecule has 0 aliphatic carbocycles. The first-order valence-corrected chi connectivity index (χ1v) is 20.2. The number of carbonyl (C=O) groups is 3. The van der Waals surface area contributed by atoms with Gasteiger partial charge in [-0.2, -0.15) is 8.78 Å². The molecule has 2 aromatic carbocycles. The molecule has 8 rings (SSSR count). The lowest BCUT2D eigenvalue weighted by Gasteiger charge is -2.39. The lowest BCUT2D eigenvalue weighted by atomic mass is 9.97. The summed E-state index contributed by atoms with van der Waals surface area (Å²) in [6.45, 7) is 7.96. The number of piperazine rings is 1. The van der Waals surface area contributed by atoms with Gasteiger partial charge in [0, 0.05) is 79.7 Å². The van der Waals surface area contributed by atoms with Crippen LogP contribution in [0.15, 0.2) is 53.3 Å². The van der Waals surface area contributed by atoms with Crippen LogP contribution < -0.4 is 10.6 Å². The van der Waals surface area contributed by atoms with E-state index in [0.717, 1.165) is 32.9 Å². The van der Waals surface area contributed by atoms with Crippen LogP contribution in [-0.2, 0) is 28.7 Å². The molecule has 3 aliphatic heterocycles. The van der Waals surface area contributed by atoms with Gasteiger partial charge in [-0.1, -0.05) is 22.0 Å². The number of aromatic nitrogens is 5. The molecule has 0 radical (unpaired) electrons. The fourth-order valence-electron chi connectivity index (χ4n) is 8.32. The second-order valence-electron chi connectivity index (χ2n) is 15.4. The molecule has 59 heavy (non-hydrogen) atoms. The molecular formula is C41H41BrF4N10O3. The zero-order valence-electron chi connectivity index (χ0n) is 32.5. The number of nitrogens with zero attached hydrogens (tertiary/aromatic N) is 8. The second kappa shape index (κ2) is 16.1. The normalized spacial score (nSPS) is 19.1. The second-order valence-corrected chi connectivity index (χ2v) is 16.3. The Labute approximate surface area is 345 Å². The van der Waals surface area contributed by atoms with Crippen LogP contribution in [0.5, 0.6) is 0 Å². The van der Waals surface area contributed by atoms with E-state index in [2.05, 4.69) is 51.4 Å². The van der Waals surface area contributed by atoms with Crippen molar-refractivity contribution in [1.29, 1.82) is 0 Å². The maximum atomic E-state index is 15.8. The molecule has 3 aliphatic rings. The number of hydrogen-bond donors (Lipinski definition) is 2. The molecule has 18 heteroatoms. The molecule has 308 valence electrons. The minimum absolute atomic E-state index is 0.0204. The standard InChI is InChI=1S/C41H41BrF4N10O3/c1-22(2)56-23(3)50-38-31(43)13-24(14-34(38)56)37-32(44)18-49-40(52-37)51-36-7-4-27(16-48-36)41(45,46)54-10-8-53(9-11-54)19-26-12-25-20-55(39(59)29(25)15-30(26)42)28-5-6-33(47-17-28)35(58)21-57/h4,7,12-16,18,21-22,28,33,47H,5-6,8-11,17,19-20H2,1-3H3,(H,48,49,51,52). The largest absolute Gasteiger partial charge is 0.333 e. The maximum Gasteiger partial charge on any atom is 0.333 e. The number of ketones is 1. The number of fused-ring (bicyclic) bond motifs is 2. The van der Waals surface area contributed by atoms with E-state index in [0.29, 0.717) is 68.8 Å². The van der Waals surface area contributed by atoms with Crippen LogP contribution in [0, 0.1) is 18.6 Å². The first-order chi connectivity index (χ1) is 28.2. The van der Waals surface area contributed by atoms with Crippen LogP contribution in [0.1, 0.15) is 65.6 Å². The van der Waals surface area contributed by atoms with E-state index in [9.17, 15) is 14.4 Å². The van der Waals surface area contributed by atoms with Crippen LogP contribution in [0.25, 0.3) is 22.3 Å². The van der Waals surface area contributed by atoms with Crippen LogP contribution in [0.4, 0.5) is 29.3 Å². The smallest absolute Gasteiger partial charge is 0.330 e. The Hall–Kier alpha value is -5.17. The SMILES string of the molecule is Cc1nc2c(F)cc(-c3nc(Nc4ccc(C(F)(F)N5CCN(Cc6cc7c(cc6Br)C(=O)N(C6CCC(C(=O)C=O)NC6)C7)CC5)cn4)ncc3F)cc2n1C(C)C. The van der Waals surface area contributed by atoms with Gasteiger partial charge in [0.1, 0.15) is 22.9 Å². The minimum atomic E-state index is -3.31. The number of aryl methyl sites for hydroxylation is 1. The number of nitrogens with one attached hydrogen (secondary N) is 2. The Bertz CT molecular complexity index is 2450. The van der Waals surface area contributed by atoms with Gasteiger partial charge in [0.25, 0.3) is 5.91 Å². The highest BCUT2D eigenvalue weighted by molar-refractivity contribution is 9.10. The quantitative estimate of drug-likeness (QED) is 0.0672. The summed E-state index contributed by atoms with van der Waals surface area (Å²) in [5.41, 5.74) is 2.86. The number of imidazole rings is 1. The van der Waals surface area contributed by atoms with Gasteiger partial charge in [0.2, 0.25) is 11.7 Å². The number of anilines is 2. The van der Waals surface area contributed by atoms with Crippen molar-refractivity contribution in [3.8, 4) is 11.3 Å². The molecule has 6 heterocycles. The Balaban J connectivity index is 0.883. The molecule has 3 aromatic heterocycles. The monoisotopic (exact) mass is 876 g/mol. The van der Waals surface area contributed by atoms with Crippen molar-refractivity contribution in [3.05, 3.63) is 93.0 Å². The fourth-order valence-corrected chi connectivity index (χ4v) is 8.78. The number of Topliss-reactive ketones (excluding diaryl/α,β-unsaturated/α-hetero) is 1. The zero-order valence-corrected chi connectivity index (χ0v) is 34.1. The number of alkyl halides is 2. The summed E-state index contributed by atoms with van der Waals surface area (Å²) in [5.74, 6) is -1.23. The van der Waals surface area contributed by atoms with Gasteiger partial charge in [-0.3, -0.25) is 19.3 Å². The summed E-state index contributed by atoms with van der Waals surface area (Å²) in [6.07, 6.45) is 3.45. The number of benzene rings is 2. The topological polar surface area (TPSA) is 141 Å². The van der Waals surface area contributed by atoms with Crippen molar-refractivity contribution in [3.63, 3.8) is 0 Å². The minimum Gasteiger partial charge on any atom is -0.330 e. The first-order valence-electron chi connectivity index (χ1n) is 19.4. The summed E-state index contributed by atoms with van der Waals surface area (Å²) in [7, 11) is 0. The molecule has 2 fully saturated rings. The van der Waals surface area contributed by atoms with Gasteiger partial charge in [-0.25, -0.2) is 33.6 Å². The number of rotatable bonds is 11. The van der Waals surface area contributed by atoms with Crippen LogP contribution in [0.3, 0.4) is 0 Å². The van der Waals surface area contributed by atoms with Crippen molar-refractivity contribution in [2.45, 2.75) is 70.9 Å². The third-order valence-electron chi connectivity index (χ3n) is 11.4. The highest BCUT2D eigenvalue weighted by Gasteiger charge is 2.41. The van der Waals surface area contributed by atoms with Crippen LogP contribution in [0.2, 0.25) is 0 Å². The maximum absolute atomic E-state index is 15.8. The predicted molar refractivity (Wildman–Crippen MR) is 214 cm³/mol. The number of pyridine rings is 1. The molecular weight excluding hydrogens is 836 g/mol. The molecule has 0 saturated carbocycles. The van der Waals surface area contributed by atoms with E-state index < -0.39 is 29.5 Å². The lowest BCUT2D eigenvalue weighted by Crippen LogP contribution is -2.52. The van der Waals surface area contributed by atoms with Gasteiger partial charge in [0.05, 0.1) is 23.3 Å². The molecule has 5 aromatic rings. The van der Waals surface area contributed by atoms with Crippen molar-refractivity contribution < 1.29 is 31.9 Å². The predicted octanol–water partition coefficient (Wildman–Crippen LogP) is 6.27. The highest BCUT2D eigenvalue weighted by Crippen LogP contribution is 2.36. The summed E-state index contributed by atoms with van der Waals surface area (Å²) in [5, 5.41) is 5.93. The average Bonchev–Trinajstić information content (AvgIpc) is 3.74. The molecule has 2 atom stereocenters. The Morgan fingerprint density at radius 2 is 1.81 bits per heavy atom. The third kappa shape index (κ3) is 7.85. The Morgan fingerprint density at radius 1 is 1.03 bits per heavy atom. The fraction of sp³-hybridized carbons (Fsp3) is 0.390. The Kier molecular flexibility index (Phi) is 11.1. The number of amides is 1. The third-order valence-corrected chi connectivity index (χ3v) is 12.1. The number of halogens is 5. The van der Waals surface area contributed by atoms with Crippen molar-refractivity contribution in [1.82, 2.24) is 44.5 Å². The van der Waals surface area contributed by atoms with E-state index in [1.165, 1.54) is 18.2 Å². The van der Waals surface area contributed by atoms with E-state index in [1.54, 1.807) is 17.9 Å². The Morgan fingerprint density at radius 3 is 2.49 bits per heavy atom. The number of piperidine rings is 1. The van der Waals surface area contributed by atoms with E-state index >= 15 is 17.6 Å². The van der Waals surface area contributed by atoms with Gasteiger partial charge in [-0.05, 0) is 75.1 Å². The number of aldehydes is 1. The van der Waals surface area contributed by atoms with Crippen molar-refractivity contribution in [2.75, 3.05) is 38.0 Å². The van der Waals surface area contributed by atoms with Crippen molar-refractivity contribution >= 4 is 56.7 Å². The molecule has 2 N–H and O–H groups in total. The van der Waals surface area contributed by atoms with E-state index in [4.69, 9.17) is 0 Å². The molecule has 2 unspecified atom stereocenters. The van der Waals surface area contributed by atoms with Crippen LogP contribution in [-0.4, -0.2) is 102 Å². The van der Waals surface area contributed by atoms with E-state index in [1.807, 2.05) is 30.5 Å². The van der Waals surface area contributed by atoms with Crippen LogP contribution >= 0.6 is 15.9 Å². The van der Waals surface area contributed by atoms with Crippen molar-refractivity contribution in [2.24, 2.45) is 0 Å². The summed E-state index contributed by atoms with van der Waals surface area (Å²) >= 11 is 3.62. The van der Waals surface area contributed by atoms with Gasteiger partial charge < -0.3 is 20.1 Å². The number of carbonyl (C=O) groups excluding carboxylic acids is 3.